The molecular formula is C8H16N2OS. The molecule has 0 spiro atoms. The second-order valence-corrected chi connectivity index (χ2v) is 3.69. The Balaban J connectivity index is 2.24. The predicted molar refractivity (Wildman–Crippen MR) is 53.0 cm³/mol. The number of hydrogen-bond acceptors (Lipinski definition) is 2. The van der Waals surface area contributed by atoms with Crippen molar-refractivity contribution in [3.8, 4) is 0 Å². The Bertz CT molecular complexity index is 157. The van der Waals surface area contributed by atoms with E-state index in [1.165, 1.54) is 0 Å². The summed E-state index contributed by atoms with van der Waals surface area (Å²) in [6.07, 6.45) is 2.26. The molecule has 0 aromatic rings. The van der Waals surface area contributed by atoms with Gasteiger partial charge in [-0.2, -0.15) is 0 Å². The first-order chi connectivity index (χ1) is 5.70. The molecule has 0 aromatic heterocycles. The molecule has 3 nitrogen and oxygen atoms in total. The second kappa shape index (κ2) is 4.62. The lowest BCUT2D eigenvalue weighted by Gasteiger charge is -2.27. The van der Waals surface area contributed by atoms with E-state index >= 15 is 0 Å². The van der Waals surface area contributed by atoms with E-state index in [0.29, 0.717) is 11.0 Å². The summed E-state index contributed by atoms with van der Waals surface area (Å²) in [7, 11) is 1.94. The molecule has 1 rings (SSSR count). The minimum Gasteiger partial charge on any atom is -0.381 e. The fraction of sp³-hybridized carbons (Fsp3) is 0.875. The van der Waals surface area contributed by atoms with Crippen LogP contribution in [0.2, 0.25) is 0 Å². The zero-order valence-electron chi connectivity index (χ0n) is 7.45. The summed E-state index contributed by atoms with van der Waals surface area (Å²) < 4.78 is 5.26. The molecule has 12 heavy (non-hydrogen) atoms. The van der Waals surface area contributed by atoms with Crippen molar-refractivity contribution < 1.29 is 4.74 Å². The quantitative estimate of drug-likeness (QED) is 0.644. The minimum absolute atomic E-state index is 0.487. The highest BCUT2D eigenvalue weighted by molar-refractivity contribution is 7.80. The van der Waals surface area contributed by atoms with Gasteiger partial charge < -0.3 is 15.4 Å². The highest BCUT2D eigenvalue weighted by atomic mass is 32.1. The zero-order valence-corrected chi connectivity index (χ0v) is 8.27. The van der Waals surface area contributed by atoms with Crippen LogP contribution in [-0.2, 0) is 4.74 Å². The SMILES string of the molecule is CN(CC1CCOCC1)C(N)=S. The molecule has 70 valence electrons. The summed E-state index contributed by atoms with van der Waals surface area (Å²) in [4.78, 5) is 1.94. The van der Waals surface area contributed by atoms with Crippen LogP contribution in [0.4, 0.5) is 0 Å². The van der Waals surface area contributed by atoms with E-state index in [1.807, 2.05) is 11.9 Å². The van der Waals surface area contributed by atoms with Gasteiger partial charge in [-0.25, -0.2) is 0 Å². The normalized spacial score (nSPS) is 19.1. The smallest absolute Gasteiger partial charge is 0.166 e. The molecule has 0 radical (unpaired) electrons. The van der Waals surface area contributed by atoms with Gasteiger partial charge in [0.15, 0.2) is 5.11 Å². The van der Waals surface area contributed by atoms with Crippen molar-refractivity contribution in [3.63, 3.8) is 0 Å². The predicted octanol–water partition coefficient (Wildman–Crippen LogP) is 0.588. The zero-order chi connectivity index (χ0) is 8.97. The highest BCUT2D eigenvalue weighted by Gasteiger charge is 2.15. The molecule has 1 heterocycles. The van der Waals surface area contributed by atoms with Crippen molar-refractivity contribution in [2.45, 2.75) is 12.8 Å². The maximum absolute atomic E-state index is 5.48. The lowest BCUT2D eigenvalue weighted by atomic mass is 10.0. The van der Waals surface area contributed by atoms with Crippen molar-refractivity contribution in [1.29, 1.82) is 0 Å². The van der Waals surface area contributed by atoms with E-state index in [2.05, 4.69) is 0 Å². The molecule has 2 N–H and O–H groups in total. The first-order valence-electron chi connectivity index (χ1n) is 4.28. The molecule has 0 saturated carbocycles. The van der Waals surface area contributed by atoms with Gasteiger partial charge in [0.2, 0.25) is 0 Å². The molecule has 0 bridgehead atoms. The van der Waals surface area contributed by atoms with Crippen molar-refractivity contribution in [2.75, 3.05) is 26.8 Å². The van der Waals surface area contributed by atoms with Gasteiger partial charge in [-0.1, -0.05) is 0 Å². The van der Waals surface area contributed by atoms with Gasteiger partial charge in [0.05, 0.1) is 0 Å². The Morgan fingerprint density at radius 3 is 2.67 bits per heavy atom. The molecule has 0 aliphatic carbocycles. The van der Waals surface area contributed by atoms with Gasteiger partial charge in [-0.15, -0.1) is 0 Å². The van der Waals surface area contributed by atoms with Crippen LogP contribution in [0, 0.1) is 5.92 Å². The first-order valence-corrected chi connectivity index (χ1v) is 4.69. The van der Waals surface area contributed by atoms with Crippen LogP contribution >= 0.6 is 12.2 Å². The largest absolute Gasteiger partial charge is 0.381 e. The van der Waals surface area contributed by atoms with Gasteiger partial charge in [0, 0.05) is 26.8 Å². The summed E-state index contributed by atoms with van der Waals surface area (Å²) in [5.41, 5.74) is 5.48. The van der Waals surface area contributed by atoms with Crippen molar-refractivity contribution in [3.05, 3.63) is 0 Å². The molecule has 0 atom stereocenters. The lowest BCUT2D eigenvalue weighted by molar-refractivity contribution is 0.0613. The number of hydrogen-bond donors (Lipinski definition) is 1. The molecule has 0 aromatic carbocycles. The van der Waals surface area contributed by atoms with E-state index in [0.717, 1.165) is 32.6 Å². The maximum atomic E-state index is 5.48. The van der Waals surface area contributed by atoms with E-state index in [4.69, 9.17) is 22.7 Å². The number of thiocarbonyl (C=S) groups is 1. The molecule has 4 heteroatoms. The Hall–Kier alpha value is -0.350. The van der Waals surface area contributed by atoms with Crippen LogP contribution in [0.5, 0.6) is 0 Å². The molecule has 0 unspecified atom stereocenters. The van der Waals surface area contributed by atoms with Gasteiger partial charge in [-0.3, -0.25) is 0 Å². The Labute approximate surface area is 78.9 Å². The summed E-state index contributed by atoms with van der Waals surface area (Å²) in [5.74, 6) is 0.699. The standard InChI is InChI=1S/C8H16N2OS/c1-10(8(9)12)6-7-2-4-11-5-3-7/h7H,2-6H2,1H3,(H2,9,12). The Morgan fingerprint density at radius 1 is 1.58 bits per heavy atom. The maximum Gasteiger partial charge on any atom is 0.166 e. The van der Waals surface area contributed by atoms with Crippen molar-refractivity contribution in [1.82, 2.24) is 4.90 Å². The van der Waals surface area contributed by atoms with Crippen molar-refractivity contribution in [2.24, 2.45) is 11.7 Å². The van der Waals surface area contributed by atoms with E-state index in [-0.39, 0.29) is 0 Å². The monoisotopic (exact) mass is 188 g/mol. The number of ether oxygens (including phenoxy) is 1. The summed E-state index contributed by atoms with van der Waals surface area (Å²) >= 11 is 4.86. The van der Waals surface area contributed by atoms with Crippen LogP contribution in [-0.4, -0.2) is 36.8 Å². The van der Waals surface area contributed by atoms with E-state index in [1.54, 1.807) is 0 Å². The number of nitrogens with zero attached hydrogens (tertiary/aromatic N) is 1. The third-order valence-corrected chi connectivity index (χ3v) is 2.56. The Kier molecular flexibility index (Phi) is 3.75. The van der Waals surface area contributed by atoms with E-state index < -0.39 is 0 Å². The van der Waals surface area contributed by atoms with E-state index in [9.17, 15) is 0 Å². The molecular weight excluding hydrogens is 172 g/mol. The molecule has 1 fully saturated rings. The van der Waals surface area contributed by atoms with Crippen LogP contribution in [0.25, 0.3) is 0 Å². The number of rotatable bonds is 2. The first kappa shape index (κ1) is 9.74. The third kappa shape index (κ3) is 2.95. The van der Waals surface area contributed by atoms with Crippen LogP contribution in [0.3, 0.4) is 0 Å². The minimum atomic E-state index is 0.487. The molecule has 0 amide bonds. The number of nitrogens with two attached hydrogens (primary N) is 1. The average molecular weight is 188 g/mol. The highest BCUT2D eigenvalue weighted by Crippen LogP contribution is 2.15. The van der Waals surface area contributed by atoms with Crippen LogP contribution in [0.1, 0.15) is 12.8 Å². The van der Waals surface area contributed by atoms with Crippen LogP contribution < -0.4 is 5.73 Å². The molecule has 1 aliphatic heterocycles. The third-order valence-electron chi connectivity index (χ3n) is 2.25. The summed E-state index contributed by atoms with van der Waals surface area (Å²) in [5, 5.41) is 0.487. The second-order valence-electron chi connectivity index (χ2n) is 3.27. The van der Waals surface area contributed by atoms with Gasteiger partial charge >= 0.3 is 0 Å². The van der Waals surface area contributed by atoms with Gasteiger partial charge in [0.25, 0.3) is 0 Å². The summed E-state index contributed by atoms with van der Waals surface area (Å²) in [6, 6.07) is 0. The van der Waals surface area contributed by atoms with Crippen molar-refractivity contribution >= 4 is 17.3 Å². The Morgan fingerprint density at radius 2 is 2.17 bits per heavy atom. The lowest BCUT2D eigenvalue weighted by Crippen LogP contribution is -2.37. The van der Waals surface area contributed by atoms with Gasteiger partial charge in [0.1, 0.15) is 0 Å². The topological polar surface area (TPSA) is 38.5 Å². The average Bonchev–Trinajstić information content (AvgIpc) is 2.06. The fourth-order valence-electron chi connectivity index (χ4n) is 1.41. The molecule has 1 saturated heterocycles. The van der Waals surface area contributed by atoms with Gasteiger partial charge in [-0.05, 0) is 31.0 Å². The molecule has 1 aliphatic rings. The summed E-state index contributed by atoms with van der Waals surface area (Å²) in [6.45, 7) is 2.74. The fourth-order valence-corrected chi connectivity index (χ4v) is 1.48. The van der Waals surface area contributed by atoms with Crippen LogP contribution in [0.15, 0.2) is 0 Å².